The lowest BCUT2D eigenvalue weighted by Gasteiger charge is -2.12. The van der Waals surface area contributed by atoms with E-state index in [1.165, 1.54) is 24.2 Å². The van der Waals surface area contributed by atoms with Crippen LogP contribution in [-0.2, 0) is 11.3 Å². The van der Waals surface area contributed by atoms with Crippen molar-refractivity contribution in [2.75, 3.05) is 7.05 Å². The molecule has 1 aromatic heterocycles. The zero-order chi connectivity index (χ0) is 11.4. The number of carbonyl (C=O) groups excluding carboxylic acids is 1. The SMILES string of the molecule is CC(=O)N(C)Cc1ncc(C(=O)O)cn1. The van der Waals surface area contributed by atoms with Gasteiger partial charge in [-0.2, -0.15) is 0 Å². The van der Waals surface area contributed by atoms with Crippen molar-refractivity contribution in [1.29, 1.82) is 0 Å². The van der Waals surface area contributed by atoms with E-state index in [4.69, 9.17) is 5.11 Å². The van der Waals surface area contributed by atoms with E-state index in [1.54, 1.807) is 7.05 Å². The lowest BCUT2D eigenvalue weighted by Crippen LogP contribution is -2.24. The van der Waals surface area contributed by atoms with E-state index < -0.39 is 5.97 Å². The summed E-state index contributed by atoms with van der Waals surface area (Å²) in [6, 6.07) is 0. The van der Waals surface area contributed by atoms with E-state index >= 15 is 0 Å². The Morgan fingerprint density at radius 2 is 1.93 bits per heavy atom. The van der Waals surface area contributed by atoms with E-state index in [0.717, 1.165) is 0 Å². The summed E-state index contributed by atoms with van der Waals surface area (Å²) < 4.78 is 0. The molecule has 6 nitrogen and oxygen atoms in total. The van der Waals surface area contributed by atoms with Crippen LogP contribution in [0.1, 0.15) is 23.1 Å². The standard InChI is InChI=1S/C9H11N3O3/c1-6(13)12(2)5-8-10-3-7(4-11-8)9(14)15/h3-4H,5H2,1-2H3,(H,14,15). The number of aromatic carboxylic acids is 1. The number of carbonyl (C=O) groups is 2. The van der Waals surface area contributed by atoms with Gasteiger partial charge in [0.05, 0.1) is 12.1 Å². The molecule has 0 aliphatic rings. The maximum atomic E-state index is 10.9. The summed E-state index contributed by atoms with van der Waals surface area (Å²) in [4.78, 5) is 30.5. The van der Waals surface area contributed by atoms with Gasteiger partial charge in [-0.3, -0.25) is 4.79 Å². The molecule has 1 heterocycles. The van der Waals surface area contributed by atoms with E-state index in [9.17, 15) is 9.59 Å². The summed E-state index contributed by atoms with van der Waals surface area (Å²) >= 11 is 0. The van der Waals surface area contributed by atoms with Crippen LogP contribution in [0.4, 0.5) is 0 Å². The molecule has 1 rings (SSSR count). The number of hydrogen-bond acceptors (Lipinski definition) is 4. The van der Waals surface area contributed by atoms with Crippen molar-refractivity contribution in [1.82, 2.24) is 14.9 Å². The minimum absolute atomic E-state index is 0.0317. The van der Waals surface area contributed by atoms with Crippen LogP contribution in [0.25, 0.3) is 0 Å². The molecule has 0 aliphatic carbocycles. The van der Waals surface area contributed by atoms with Crippen LogP contribution in [0, 0.1) is 0 Å². The number of rotatable bonds is 3. The number of nitrogens with zero attached hydrogens (tertiary/aromatic N) is 3. The Kier molecular flexibility index (Phi) is 3.33. The van der Waals surface area contributed by atoms with E-state index in [1.807, 2.05) is 0 Å². The predicted octanol–water partition coefficient (Wildman–Crippen LogP) is 0.153. The Bertz CT molecular complexity index is 375. The second kappa shape index (κ2) is 4.50. The van der Waals surface area contributed by atoms with Gasteiger partial charge in [-0.1, -0.05) is 0 Å². The molecule has 1 aromatic rings. The quantitative estimate of drug-likeness (QED) is 0.766. The summed E-state index contributed by atoms with van der Waals surface area (Å²) in [6.45, 7) is 1.71. The number of carboxylic acids is 1. The minimum atomic E-state index is -1.07. The summed E-state index contributed by atoms with van der Waals surface area (Å²) in [5.41, 5.74) is 0.0317. The summed E-state index contributed by atoms with van der Waals surface area (Å²) in [5.74, 6) is -0.750. The first kappa shape index (κ1) is 11.1. The Balaban J connectivity index is 2.72. The molecule has 0 aromatic carbocycles. The fraction of sp³-hybridized carbons (Fsp3) is 0.333. The highest BCUT2D eigenvalue weighted by Crippen LogP contribution is 1.99. The van der Waals surface area contributed by atoms with Crippen molar-refractivity contribution < 1.29 is 14.7 Å². The molecule has 0 saturated carbocycles. The zero-order valence-electron chi connectivity index (χ0n) is 8.47. The number of aromatic nitrogens is 2. The van der Waals surface area contributed by atoms with Gasteiger partial charge in [0.2, 0.25) is 5.91 Å². The number of carboxylic acid groups (broad SMARTS) is 1. The summed E-state index contributed by atoms with van der Waals surface area (Å²) in [7, 11) is 1.62. The van der Waals surface area contributed by atoms with Crippen LogP contribution in [0.15, 0.2) is 12.4 Å². The molecule has 80 valence electrons. The lowest BCUT2D eigenvalue weighted by atomic mass is 10.3. The third-order valence-corrected chi connectivity index (χ3v) is 1.87. The van der Waals surface area contributed by atoms with Gasteiger partial charge in [0.15, 0.2) is 0 Å². The van der Waals surface area contributed by atoms with Gasteiger partial charge in [-0.05, 0) is 0 Å². The van der Waals surface area contributed by atoms with Gasteiger partial charge in [0, 0.05) is 26.4 Å². The topological polar surface area (TPSA) is 83.4 Å². The van der Waals surface area contributed by atoms with Gasteiger partial charge < -0.3 is 10.0 Å². The highest BCUT2D eigenvalue weighted by atomic mass is 16.4. The molecule has 0 fully saturated rings. The second-order valence-corrected chi connectivity index (χ2v) is 3.07. The van der Waals surface area contributed by atoms with Crippen LogP contribution < -0.4 is 0 Å². The monoisotopic (exact) mass is 209 g/mol. The number of amides is 1. The minimum Gasteiger partial charge on any atom is -0.478 e. The van der Waals surface area contributed by atoms with E-state index in [2.05, 4.69) is 9.97 Å². The van der Waals surface area contributed by atoms with Crippen molar-refractivity contribution >= 4 is 11.9 Å². The van der Waals surface area contributed by atoms with Crippen LogP contribution in [0.2, 0.25) is 0 Å². The Morgan fingerprint density at radius 1 is 1.40 bits per heavy atom. The summed E-state index contributed by atoms with van der Waals surface area (Å²) in [6.07, 6.45) is 2.44. The fourth-order valence-corrected chi connectivity index (χ4v) is 0.870. The average molecular weight is 209 g/mol. The third kappa shape index (κ3) is 3.01. The van der Waals surface area contributed by atoms with Crippen molar-refractivity contribution in [3.63, 3.8) is 0 Å². The van der Waals surface area contributed by atoms with Gasteiger partial charge >= 0.3 is 5.97 Å². The van der Waals surface area contributed by atoms with E-state index in [0.29, 0.717) is 5.82 Å². The highest BCUT2D eigenvalue weighted by Gasteiger charge is 2.07. The van der Waals surface area contributed by atoms with Crippen molar-refractivity contribution in [3.8, 4) is 0 Å². The third-order valence-electron chi connectivity index (χ3n) is 1.87. The Morgan fingerprint density at radius 3 is 2.33 bits per heavy atom. The predicted molar refractivity (Wildman–Crippen MR) is 51.1 cm³/mol. The zero-order valence-corrected chi connectivity index (χ0v) is 8.47. The molecule has 0 saturated heterocycles. The van der Waals surface area contributed by atoms with E-state index in [-0.39, 0.29) is 18.0 Å². The first-order valence-corrected chi connectivity index (χ1v) is 4.26. The molecule has 0 radical (unpaired) electrons. The van der Waals surface area contributed by atoms with Crippen LogP contribution in [-0.4, -0.2) is 38.9 Å². The Labute approximate surface area is 86.6 Å². The largest absolute Gasteiger partial charge is 0.478 e. The molecule has 0 aliphatic heterocycles. The maximum absolute atomic E-state index is 10.9. The molecule has 0 unspecified atom stereocenters. The highest BCUT2D eigenvalue weighted by molar-refractivity contribution is 5.86. The van der Waals surface area contributed by atoms with Gasteiger partial charge in [-0.25, -0.2) is 14.8 Å². The molecular weight excluding hydrogens is 198 g/mol. The van der Waals surface area contributed by atoms with Gasteiger partial charge in [0.1, 0.15) is 5.82 Å². The van der Waals surface area contributed by atoms with Crippen molar-refractivity contribution in [2.24, 2.45) is 0 Å². The molecule has 0 spiro atoms. The molecular formula is C9H11N3O3. The second-order valence-electron chi connectivity index (χ2n) is 3.07. The lowest BCUT2D eigenvalue weighted by molar-refractivity contribution is -0.128. The molecule has 1 N–H and O–H groups in total. The number of hydrogen-bond donors (Lipinski definition) is 1. The van der Waals surface area contributed by atoms with Gasteiger partial charge in [-0.15, -0.1) is 0 Å². The first-order valence-electron chi connectivity index (χ1n) is 4.26. The average Bonchev–Trinajstić information content (AvgIpc) is 2.18. The molecule has 1 amide bonds. The van der Waals surface area contributed by atoms with Crippen molar-refractivity contribution in [3.05, 3.63) is 23.8 Å². The van der Waals surface area contributed by atoms with Crippen LogP contribution in [0.5, 0.6) is 0 Å². The maximum Gasteiger partial charge on any atom is 0.338 e. The molecule has 15 heavy (non-hydrogen) atoms. The fourth-order valence-electron chi connectivity index (χ4n) is 0.870. The Hall–Kier alpha value is -1.98. The molecule has 6 heteroatoms. The van der Waals surface area contributed by atoms with Gasteiger partial charge in [0.25, 0.3) is 0 Å². The van der Waals surface area contributed by atoms with Crippen molar-refractivity contribution in [2.45, 2.75) is 13.5 Å². The molecule has 0 atom stereocenters. The smallest absolute Gasteiger partial charge is 0.338 e. The first-order chi connectivity index (χ1) is 7.00. The molecule has 0 bridgehead atoms. The van der Waals surface area contributed by atoms with Crippen LogP contribution in [0.3, 0.4) is 0 Å². The normalized spacial score (nSPS) is 9.73. The summed E-state index contributed by atoms with van der Waals surface area (Å²) in [5, 5.41) is 8.60. The van der Waals surface area contributed by atoms with Crippen LogP contribution >= 0.6 is 0 Å².